The van der Waals surface area contributed by atoms with E-state index in [-0.39, 0.29) is 11.7 Å². The molecule has 146 valence electrons. The third kappa shape index (κ3) is 5.10. The molecule has 1 aromatic heterocycles. The fourth-order valence-electron chi connectivity index (χ4n) is 3.09. The molecule has 0 bridgehead atoms. The van der Waals surface area contributed by atoms with Crippen molar-refractivity contribution >= 4 is 28.6 Å². The molecule has 28 heavy (non-hydrogen) atoms. The summed E-state index contributed by atoms with van der Waals surface area (Å²) in [5.74, 6) is -0.259. The van der Waals surface area contributed by atoms with Crippen LogP contribution in [0.3, 0.4) is 0 Å². The van der Waals surface area contributed by atoms with E-state index in [2.05, 4.69) is 0 Å². The molecule has 0 fully saturated rings. The van der Waals surface area contributed by atoms with Gasteiger partial charge in [0.05, 0.1) is 6.42 Å². The number of hydrogen-bond acceptors (Lipinski definition) is 4. The zero-order valence-electron chi connectivity index (χ0n) is 16.1. The van der Waals surface area contributed by atoms with E-state index in [1.807, 2.05) is 54.7 Å². The van der Waals surface area contributed by atoms with Gasteiger partial charge in [0.25, 0.3) is 0 Å². The monoisotopic (exact) mass is 397 g/mol. The Hall–Kier alpha value is -2.86. The first kappa shape index (κ1) is 19.9. The molecule has 2 N–H and O–H groups in total. The lowest BCUT2D eigenvalue weighted by Gasteiger charge is -2.26. The molecule has 4 nitrogen and oxygen atoms in total. The molecular formula is C22H24FN3OS. The third-order valence-corrected chi connectivity index (χ3v) is 5.37. The summed E-state index contributed by atoms with van der Waals surface area (Å²) in [4.78, 5) is 17.9. The van der Waals surface area contributed by atoms with Gasteiger partial charge in [-0.15, -0.1) is 11.3 Å². The van der Waals surface area contributed by atoms with Crippen LogP contribution in [0.2, 0.25) is 0 Å². The van der Waals surface area contributed by atoms with Gasteiger partial charge in [-0.05, 0) is 52.9 Å². The number of anilines is 2. The number of nitrogens with zero attached hydrogens (tertiary/aromatic N) is 2. The van der Waals surface area contributed by atoms with Crippen LogP contribution in [-0.2, 0) is 24.3 Å². The SMILES string of the molecule is CN(C)c1ccc(N)cc1CN(Cc1ccc(F)cc1)C(=O)Cc1cccs1. The molecule has 1 heterocycles. The van der Waals surface area contributed by atoms with Crippen LogP contribution in [0.5, 0.6) is 0 Å². The van der Waals surface area contributed by atoms with E-state index in [0.29, 0.717) is 25.2 Å². The first-order chi connectivity index (χ1) is 13.4. The topological polar surface area (TPSA) is 49.6 Å². The van der Waals surface area contributed by atoms with E-state index >= 15 is 0 Å². The fourth-order valence-corrected chi connectivity index (χ4v) is 3.79. The summed E-state index contributed by atoms with van der Waals surface area (Å²) in [5, 5.41) is 1.97. The summed E-state index contributed by atoms with van der Waals surface area (Å²) in [6.45, 7) is 0.840. The Kier molecular flexibility index (Phi) is 6.31. The summed E-state index contributed by atoms with van der Waals surface area (Å²) in [5.41, 5.74) is 9.54. The van der Waals surface area contributed by atoms with Gasteiger partial charge < -0.3 is 15.5 Å². The van der Waals surface area contributed by atoms with Crippen molar-refractivity contribution in [2.45, 2.75) is 19.5 Å². The summed E-state index contributed by atoms with van der Waals surface area (Å²) in [6.07, 6.45) is 0.346. The van der Waals surface area contributed by atoms with Crippen molar-refractivity contribution < 1.29 is 9.18 Å². The largest absolute Gasteiger partial charge is 0.399 e. The lowest BCUT2D eigenvalue weighted by Crippen LogP contribution is -2.32. The lowest BCUT2D eigenvalue weighted by molar-refractivity contribution is -0.131. The van der Waals surface area contributed by atoms with Gasteiger partial charge in [-0.2, -0.15) is 0 Å². The Morgan fingerprint density at radius 1 is 1.07 bits per heavy atom. The van der Waals surface area contributed by atoms with Gasteiger partial charge in [0.2, 0.25) is 5.91 Å². The maximum absolute atomic E-state index is 13.3. The molecule has 6 heteroatoms. The number of nitrogens with two attached hydrogens (primary N) is 1. The van der Waals surface area contributed by atoms with Gasteiger partial charge >= 0.3 is 0 Å². The first-order valence-electron chi connectivity index (χ1n) is 9.02. The second-order valence-corrected chi connectivity index (χ2v) is 7.95. The average Bonchev–Trinajstić information content (AvgIpc) is 3.15. The maximum Gasteiger partial charge on any atom is 0.228 e. The molecule has 0 atom stereocenters. The van der Waals surface area contributed by atoms with E-state index in [1.54, 1.807) is 28.4 Å². The Labute approximate surface area is 169 Å². The van der Waals surface area contributed by atoms with E-state index in [4.69, 9.17) is 5.73 Å². The molecule has 3 aromatic rings. The van der Waals surface area contributed by atoms with E-state index in [1.165, 1.54) is 12.1 Å². The standard InChI is InChI=1S/C22H24FN3OS/c1-25(2)21-10-9-19(24)12-17(21)15-26(14-16-5-7-18(23)8-6-16)22(27)13-20-4-3-11-28-20/h3-12H,13-15,24H2,1-2H3. The molecule has 2 aromatic carbocycles. The smallest absolute Gasteiger partial charge is 0.228 e. The van der Waals surface area contributed by atoms with Crippen LogP contribution in [0.15, 0.2) is 60.0 Å². The number of carbonyl (C=O) groups excluding carboxylic acids is 1. The summed E-state index contributed by atoms with van der Waals surface area (Å²) < 4.78 is 13.3. The second-order valence-electron chi connectivity index (χ2n) is 6.91. The highest BCUT2D eigenvalue weighted by Crippen LogP contribution is 2.24. The molecule has 0 unspecified atom stereocenters. The fraction of sp³-hybridized carbons (Fsp3) is 0.227. The highest BCUT2D eigenvalue weighted by atomic mass is 32.1. The van der Waals surface area contributed by atoms with Crippen molar-refractivity contribution in [3.8, 4) is 0 Å². The summed E-state index contributed by atoms with van der Waals surface area (Å²) >= 11 is 1.57. The predicted molar refractivity (Wildman–Crippen MR) is 114 cm³/mol. The van der Waals surface area contributed by atoms with E-state index in [9.17, 15) is 9.18 Å². The Balaban J connectivity index is 1.88. The molecule has 0 aliphatic carbocycles. The third-order valence-electron chi connectivity index (χ3n) is 4.49. The number of rotatable bonds is 7. The van der Waals surface area contributed by atoms with Crippen molar-refractivity contribution in [2.75, 3.05) is 24.7 Å². The highest BCUT2D eigenvalue weighted by molar-refractivity contribution is 7.10. The Morgan fingerprint density at radius 2 is 1.82 bits per heavy atom. The normalized spacial score (nSPS) is 10.7. The first-order valence-corrected chi connectivity index (χ1v) is 9.90. The van der Waals surface area contributed by atoms with Crippen molar-refractivity contribution in [1.82, 2.24) is 4.90 Å². The van der Waals surface area contributed by atoms with Crippen LogP contribution >= 0.6 is 11.3 Å². The summed E-state index contributed by atoms with van der Waals surface area (Å²) in [7, 11) is 3.93. The number of halogens is 1. The van der Waals surface area contributed by atoms with Crippen LogP contribution in [0, 0.1) is 5.82 Å². The molecular weight excluding hydrogens is 373 g/mol. The molecule has 0 aliphatic rings. The van der Waals surface area contributed by atoms with Crippen molar-refractivity contribution in [3.05, 3.63) is 81.8 Å². The van der Waals surface area contributed by atoms with Gasteiger partial charge in [-0.3, -0.25) is 4.79 Å². The minimum absolute atomic E-state index is 0.0268. The van der Waals surface area contributed by atoms with Gasteiger partial charge in [0.1, 0.15) is 5.82 Å². The van der Waals surface area contributed by atoms with Crippen LogP contribution in [0.4, 0.5) is 15.8 Å². The van der Waals surface area contributed by atoms with Gasteiger partial charge in [0.15, 0.2) is 0 Å². The van der Waals surface area contributed by atoms with Crippen molar-refractivity contribution in [2.24, 2.45) is 0 Å². The minimum Gasteiger partial charge on any atom is -0.399 e. The highest BCUT2D eigenvalue weighted by Gasteiger charge is 2.18. The Morgan fingerprint density at radius 3 is 2.46 bits per heavy atom. The van der Waals surface area contributed by atoms with E-state index < -0.39 is 0 Å². The number of benzene rings is 2. The molecule has 3 rings (SSSR count). The lowest BCUT2D eigenvalue weighted by atomic mass is 10.1. The van der Waals surface area contributed by atoms with Gasteiger partial charge in [0, 0.05) is 43.4 Å². The van der Waals surface area contributed by atoms with Crippen LogP contribution < -0.4 is 10.6 Å². The van der Waals surface area contributed by atoms with Crippen LogP contribution in [0.1, 0.15) is 16.0 Å². The second kappa shape index (κ2) is 8.89. The van der Waals surface area contributed by atoms with Crippen molar-refractivity contribution in [3.63, 3.8) is 0 Å². The molecule has 0 saturated carbocycles. The van der Waals surface area contributed by atoms with Gasteiger partial charge in [-0.1, -0.05) is 18.2 Å². The molecule has 1 amide bonds. The number of amides is 1. The maximum atomic E-state index is 13.3. The van der Waals surface area contributed by atoms with Crippen LogP contribution in [-0.4, -0.2) is 24.9 Å². The van der Waals surface area contributed by atoms with E-state index in [0.717, 1.165) is 21.7 Å². The molecule has 0 aliphatic heterocycles. The number of nitrogen functional groups attached to an aromatic ring is 1. The molecule has 0 saturated heterocycles. The minimum atomic E-state index is -0.286. The Bertz CT molecular complexity index is 923. The van der Waals surface area contributed by atoms with Crippen LogP contribution in [0.25, 0.3) is 0 Å². The number of carbonyl (C=O) groups is 1. The average molecular weight is 398 g/mol. The van der Waals surface area contributed by atoms with Gasteiger partial charge in [-0.25, -0.2) is 4.39 Å². The number of hydrogen-bond donors (Lipinski definition) is 1. The number of thiophene rings is 1. The molecule has 0 radical (unpaired) electrons. The summed E-state index contributed by atoms with van der Waals surface area (Å²) in [6, 6.07) is 15.9. The zero-order chi connectivity index (χ0) is 20.1. The zero-order valence-corrected chi connectivity index (χ0v) is 16.9. The predicted octanol–water partition coefficient (Wildman–Crippen LogP) is 4.31. The van der Waals surface area contributed by atoms with Crippen molar-refractivity contribution in [1.29, 1.82) is 0 Å². The quantitative estimate of drug-likeness (QED) is 0.605. The molecule has 0 spiro atoms.